The highest BCUT2D eigenvalue weighted by Crippen LogP contribution is 2.12. The number of hydrogen-bond acceptors (Lipinski definition) is 8. The fourth-order valence-corrected chi connectivity index (χ4v) is 1.64. The van der Waals surface area contributed by atoms with Gasteiger partial charge in [-0.05, 0) is 0 Å². The minimum Gasteiger partial charge on any atom is -0.388 e. The molecule has 0 radical (unpaired) electrons. The topological polar surface area (TPSA) is 148 Å². The van der Waals surface area contributed by atoms with Gasteiger partial charge in [-0.15, -0.1) is 0 Å². The molecular formula is C9H13N5O5. The lowest BCUT2D eigenvalue weighted by Crippen LogP contribution is -2.34. The molecule has 0 unspecified atom stereocenters. The molecule has 0 amide bonds. The Labute approximate surface area is 106 Å². The van der Waals surface area contributed by atoms with Gasteiger partial charge in [0.05, 0.1) is 0 Å². The molecule has 0 atom stereocenters. The Hall–Kier alpha value is -2.01. The summed E-state index contributed by atoms with van der Waals surface area (Å²) in [5.74, 6) is 0.0294. The molecule has 104 valence electrons. The van der Waals surface area contributed by atoms with Crippen LogP contribution in [0.3, 0.4) is 0 Å². The molecule has 19 heavy (non-hydrogen) atoms. The van der Waals surface area contributed by atoms with Crippen molar-refractivity contribution in [2.24, 2.45) is 0 Å². The van der Waals surface area contributed by atoms with Crippen LogP contribution in [0.5, 0.6) is 0 Å². The summed E-state index contributed by atoms with van der Waals surface area (Å²) >= 11 is 0. The lowest BCUT2D eigenvalue weighted by molar-refractivity contribution is 0.191. The summed E-state index contributed by atoms with van der Waals surface area (Å²) in [6.45, 7) is -2.26. The Morgan fingerprint density at radius 1 is 1.16 bits per heavy atom. The van der Waals surface area contributed by atoms with Gasteiger partial charge in [-0.2, -0.15) is 4.98 Å². The van der Waals surface area contributed by atoms with Crippen LogP contribution in [0.1, 0.15) is 5.82 Å². The minimum absolute atomic E-state index is 0.0256. The quantitative estimate of drug-likeness (QED) is 0.368. The molecule has 0 fully saturated rings. The normalized spacial score (nSPS) is 11.2. The van der Waals surface area contributed by atoms with Crippen molar-refractivity contribution >= 4 is 17.1 Å². The fraction of sp³-hybridized carbons (Fsp3) is 0.444. The first-order chi connectivity index (χ1) is 9.15. The monoisotopic (exact) mass is 271 g/mol. The first-order valence-electron chi connectivity index (χ1n) is 5.34. The van der Waals surface area contributed by atoms with Crippen LogP contribution in [0.15, 0.2) is 4.79 Å². The van der Waals surface area contributed by atoms with Crippen LogP contribution in [0.4, 0.5) is 5.95 Å². The number of rotatable bonds is 5. The number of aliphatic hydroxyl groups is 4. The van der Waals surface area contributed by atoms with E-state index in [2.05, 4.69) is 15.0 Å². The smallest absolute Gasteiger partial charge is 0.282 e. The third kappa shape index (κ3) is 2.17. The van der Waals surface area contributed by atoms with Crippen molar-refractivity contribution in [3.05, 3.63) is 16.2 Å². The largest absolute Gasteiger partial charge is 0.388 e. The second kappa shape index (κ2) is 5.32. The van der Waals surface area contributed by atoms with Gasteiger partial charge >= 0.3 is 0 Å². The second-order valence-corrected chi connectivity index (χ2v) is 3.65. The number of aromatic amines is 1. The summed E-state index contributed by atoms with van der Waals surface area (Å²) in [6, 6.07) is 0. The highest BCUT2D eigenvalue weighted by Gasteiger charge is 2.18. The Bertz CT molecular complexity index is 632. The van der Waals surface area contributed by atoms with E-state index in [4.69, 9.17) is 15.3 Å². The van der Waals surface area contributed by atoms with Crippen molar-refractivity contribution in [1.29, 1.82) is 0 Å². The van der Waals surface area contributed by atoms with E-state index in [1.807, 2.05) is 0 Å². The molecule has 0 saturated heterocycles. The number of H-pyrrole nitrogens is 1. The predicted molar refractivity (Wildman–Crippen MR) is 62.9 cm³/mol. The van der Waals surface area contributed by atoms with E-state index in [-0.39, 0.29) is 22.9 Å². The molecule has 5 N–H and O–H groups in total. The van der Waals surface area contributed by atoms with Gasteiger partial charge < -0.3 is 25.4 Å². The molecule has 0 aliphatic rings. The highest BCUT2D eigenvalue weighted by molar-refractivity contribution is 5.71. The van der Waals surface area contributed by atoms with Gasteiger partial charge in [-0.25, -0.2) is 4.98 Å². The van der Waals surface area contributed by atoms with Crippen LogP contribution < -0.4 is 10.5 Å². The molecule has 0 aliphatic heterocycles. The first kappa shape index (κ1) is 13.4. The number of imidazole rings is 1. The Kier molecular flexibility index (Phi) is 3.76. The van der Waals surface area contributed by atoms with Crippen LogP contribution in [0.25, 0.3) is 11.2 Å². The summed E-state index contributed by atoms with van der Waals surface area (Å²) in [5, 5.41) is 36.3. The van der Waals surface area contributed by atoms with Crippen LogP contribution in [0, 0.1) is 0 Å². The van der Waals surface area contributed by atoms with Crippen molar-refractivity contribution in [3.8, 4) is 0 Å². The van der Waals surface area contributed by atoms with Crippen molar-refractivity contribution in [1.82, 2.24) is 19.5 Å². The molecule has 2 heterocycles. The van der Waals surface area contributed by atoms with E-state index < -0.39 is 32.4 Å². The molecule has 2 aromatic rings. The van der Waals surface area contributed by atoms with E-state index in [0.717, 1.165) is 9.47 Å². The van der Waals surface area contributed by atoms with Gasteiger partial charge in [0.15, 0.2) is 11.2 Å². The second-order valence-electron chi connectivity index (χ2n) is 3.65. The summed E-state index contributed by atoms with van der Waals surface area (Å²) < 4.78 is 0.855. The SMILES string of the molecule is O=c1c2[nH]c(CO)nc2nc(N(CO)CO)n1CO. The number of fused-ring (bicyclic) bond motifs is 1. The third-order valence-electron chi connectivity index (χ3n) is 2.56. The van der Waals surface area contributed by atoms with Crippen LogP contribution in [-0.4, -0.2) is 53.4 Å². The fourth-order valence-electron chi connectivity index (χ4n) is 1.64. The average molecular weight is 271 g/mol. The predicted octanol–water partition coefficient (Wildman–Crippen LogP) is -2.73. The molecule has 10 nitrogen and oxygen atoms in total. The Balaban J connectivity index is 2.73. The van der Waals surface area contributed by atoms with E-state index >= 15 is 0 Å². The highest BCUT2D eigenvalue weighted by atomic mass is 16.3. The molecule has 0 aliphatic carbocycles. The van der Waals surface area contributed by atoms with Gasteiger partial charge in [0.1, 0.15) is 32.6 Å². The van der Waals surface area contributed by atoms with Crippen molar-refractivity contribution in [3.63, 3.8) is 0 Å². The zero-order valence-electron chi connectivity index (χ0n) is 9.81. The van der Waals surface area contributed by atoms with E-state index in [1.54, 1.807) is 0 Å². The minimum atomic E-state index is -0.679. The van der Waals surface area contributed by atoms with Crippen molar-refractivity contribution < 1.29 is 20.4 Å². The molecule has 10 heteroatoms. The average Bonchev–Trinajstić information content (AvgIpc) is 2.84. The molecule has 0 spiro atoms. The maximum atomic E-state index is 12.1. The first-order valence-corrected chi connectivity index (χ1v) is 5.34. The van der Waals surface area contributed by atoms with Gasteiger partial charge in [0.25, 0.3) is 5.56 Å². The summed E-state index contributed by atoms with van der Waals surface area (Å²) in [5.41, 5.74) is -0.570. The lowest BCUT2D eigenvalue weighted by Gasteiger charge is -2.20. The molecule has 0 bridgehead atoms. The summed E-state index contributed by atoms with van der Waals surface area (Å²) in [4.78, 5) is 23.5. The van der Waals surface area contributed by atoms with Crippen molar-refractivity contribution in [2.75, 3.05) is 18.4 Å². The van der Waals surface area contributed by atoms with E-state index in [0.29, 0.717) is 0 Å². The zero-order chi connectivity index (χ0) is 14.0. The third-order valence-corrected chi connectivity index (χ3v) is 2.56. The van der Waals surface area contributed by atoms with Crippen LogP contribution in [-0.2, 0) is 13.3 Å². The Morgan fingerprint density at radius 2 is 1.84 bits per heavy atom. The van der Waals surface area contributed by atoms with Gasteiger partial charge in [0.2, 0.25) is 5.95 Å². The lowest BCUT2D eigenvalue weighted by atomic mass is 10.5. The molecule has 2 aromatic heterocycles. The maximum absolute atomic E-state index is 12.1. The van der Waals surface area contributed by atoms with E-state index in [1.165, 1.54) is 0 Å². The van der Waals surface area contributed by atoms with Crippen LogP contribution >= 0.6 is 0 Å². The van der Waals surface area contributed by atoms with Crippen molar-refractivity contribution in [2.45, 2.75) is 13.3 Å². The van der Waals surface area contributed by atoms with Crippen LogP contribution in [0.2, 0.25) is 0 Å². The number of anilines is 1. The number of aromatic nitrogens is 4. The van der Waals surface area contributed by atoms with Gasteiger partial charge in [0, 0.05) is 0 Å². The maximum Gasteiger partial charge on any atom is 0.282 e. The summed E-state index contributed by atoms with van der Waals surface area (Å²) in [7, 11) is 0. The number of nitrogens with one attached hydrogen (secondary N) is 1. The number of aliphatic hydroxyl groups excluding tert-OH is 4. The molecular weight excluding hydrogens is 258 g/mol. The number of hydrogen-bond donors (Lipinski definition) is 5. The van der Waals surface area contributed by atoms with E-state index in [9.17, 15) is 9.90 Å². The Morgan fingerprint density at radius 3 is 2.37 bits per heavy atom. The van der Waals surface area contributed by atoms with Gasteiger partial charge in [-0.3, -0.25) is 14.3 Å². The molecule has 2 rings (SSSR count). The summed E-state index contributed by atoms with van der Waals surface area (Å²) in [6.07, 6.45) is 0. The number of nitrogens with zero attached hydrogens (tertiary/aromatic N) is 4. The molecule has 0 saturated carbocycles. The molecule has 0 aromatic carbocycles. The zero-order valence-corrected chi connectivity index (χ0v) is 9.81. The standard InChI is InChI=1S/C9H13N5O5/c15-1-5-10-6-7(11-5)12-9(13(2-16)3-17)14(4-18)8(6)19/h15-18H,1-4H2,(H,10,11). The van der Waals surface area contributed by atoms with Gasteiger partial charge in [-0.1, -0.05) is 0 Å².